The normalized spacial score (nSPS) is 12.0. The van der Waals surface area contributed by atoms with Gasteiger partial charge in [-0.3, -0.25) is 10.4 Å². The molecule has 0 unspecified atom stereocenters. The number of aromatic amines is 1. The van der Waals surface area contributed by atoms with E-state index < -0.39 is 17.2 Å². The zero-order valence-electron chi connectivity index (χ0n) is 13.9. The van der Waals surface area contributed by atoms with Crippen LogP contribution in [0.25, 0.3) is 10.9 Å². The quantitative estimate of drug-likeness (QED) is 0.393. The van der Waals surface area contributed by atoms with Gasteiger partial charge in [0.1, 0.15) is 11.7 Å². The monoisotopic (exact) mass is 372 g/mol. The molecule has 0 saturated carbocycles. The Balaban J connectivity index is 1.90. The highest BCUT2D eigenvalue weighted by Crippen LogP contribution is 2.30. The molecule has 0 radical (unpaired) electrons. The number of benzene rings is 2. The standard InChI is InChI=1S/C17H16N4O6/c22-17(23)15(7-10-9-18-13-4-2-1-3-12(10)13)19-14-6-5-11(20(24)25)8-16(14)21(26)27/h1-6,8-9,15,18-19,26-27H,7H2,(H,22,23)/q-2/t15-/m1/s1. The van der Waals surface area contributed by atoms with Crippen molar-refractivity contribution in [1.82, 2.24) is 4.98 Å². The summed E-state index contributed by atoms with van der Waals surface area (Å²) in [6.45, 7) is 0. The van der Waals surface area contributed by atoms with Crippen LogP contribution in [-0.4, -0.2) is 32.5 Å². The van der Waals surface area contributed by atoms with Crippen LogP contribution in [0.4, 0.5) is 17.1 Å². The van der Waals surface area contributed by atoms with Gasteiger partial charge in [-0.05, 0) is 29.8 Å². The van der Waals surface area contributed by atoms with E-state index in [9.17, 15) is 30.7 Å². The van der Waals surface area contributed by atoms with Gasteiger partial charge in [0, 0.05) is 29.2 Å². The van der Waals surface area contributed by atoms with Crippen LogP contribution in [-0.2, 0) is 11.2 Å². The number of carboxylic acid groups (broad SMARTS) is 1. The maximum atomic E-state index is 11.7. The molecule has 3 rings (SSSR count). The number of carbonyl (C=O) groups is 1. The van der Waals surface area contributed by atoms with Crippen molar-refractivity contribution < 1.29 is 20.3 Å². The van der Waals surface area contributed by atoms with Gasteiger partial charge in [0.25, 0.3) is 0 Å². The number of aliphatic carboxylic acids is 1. The molecule has 142 valence electrons. The number of hydrogen-bond acceptors (Lipinski definition) is 8. The predicted octanol–water partition coefficient (Wildman–Crippen LogP) is 2.66. The molecule has 0 spiro atoms. The summed E-state index contributed by atoms with van der Waals surface area (Å²) in [5, 5.41) is 52.5. The fourth-order valence-corrected chi connectivity index (χ4v) is 2.83. The average molecular weight is 372 g/mol. The topological polar surface area (TPSA) is 158 Å². The third-order valence-corrected chi connectivity index (χ3v) is 4.13. The summed E-state index contributed by atoms with van der Waals surface area (Å²) in [7, 11) is 0. The average Bonchev–Trinajstić information content (AvgIpc) is 3.04. The van der Waals surface area contributed by atoms with Gasteiger partial charge in [0.2, 0.25) is 0 Å². The molecule has 0 aliphatic carbocycles. The fourth-order valence-electron chi connectivity index (χ4n) is 2.83. The van der Waals surface area contributed by atoms with Crippen LogP contribution >= 0.6 is 0 Å². The molecule has 5 N–H and O–H groups in total. The molecule has 0 saturated heterocycles. The number of H-pyrrole nitrogens is 1. The minimum atomic E-state index is -1.16. The Labute approximate surface area is 152 Å². The molecule has 2 aromatic carbocycles. The van der Waals surface area contributed by atoms with Crippen molar-refractivity contribution in [1.29, 1.82) is 0 Å². The lowest BCUT2D eigenvalue weighted by Crippen LogP contribution is -2.32. The molecule has 0 aliphatic heterocycles. The molecule has 0 fully saturated rings. The van der Waals surface area contributed by atoms with Crippen LogP contribution in [0.1, 0.15) is 5.56 Å². The van der Waals surface area contributed by atoms with Gasteiger partial charge in [0.05, 0.1) is 5.69 Å². The van der Waals surface area contributed by atoms with Crippen molar-refractivity contribution >= 4 is 33.9 Å². The number of hydrogen-bond donors (Lipinski definition) is 5. The molecule has 27 heavy (non-hydrogen) atoms. The third-order valence-electron chi connectivity index (χ3n) is 4.13. The van der Waals surface area contributed by atoms with Crippen molar-refractivity contribution in [2.24, 2.45) is 0 Å². The summed E-state index contributed by atoms with van der Waals surface area (Å²) < 4.78 is 0. The molecule has 10 heteroatoms. The SMILES string of the molecule is O=C(O)[C@@H](Cc1c[nH]c2ccccc12)Nc1ccc(N([O-])[O-])cc1N(O)O. The number of nitrogens with one attached hydrogen (secondary N) is 2. The first-order chi connectivity index (χ1) is 12.9. The fraction of sp³-hybridized carbons (Fsp3) is 0.118. The predicted molar refractivity (Wildman–Crippen MR) is 98.8 cm³/mol. The lowest BCUT2D eigenvalue weighted by atomic mass is 10.0. The number of carboxylic acids is 1. The van der Waals surface area contributed by atoms with E-state index in [0.29, 0.717) is 0 Å². The molecular weight excluding hydrogens is 356 g/mol. The number of aromatic nitrogens is 1. The van der Waals surface area contributed by atoms with Crippen molar-refractivity contribution in [3.8, 4) is 0 Å². The number of rotatable bonds is 7. The van der Waals surface area contributed by atoms with Crippen molar-refractivity contribution in [2.45, 2.75) is 12.5 Å². The van der Waals surface area contributed by atoms with Crippen LogP contribution in [0, 0.1) is 10.4 Å². The van der Waals surface area contributed by atoms with E-state index in [1.165, 1.54) is 6.07 Å². The molecular formula is C17H16N4O6-2. The van der Waals surface area contributed by atoms with Crippen molar-refractivity contribution in [3.63, 3.8) is 0 Å². The van der Waals surface area contributed by atoms with Gasteiger partial charge >= 0.3 is 5.97 Å². The Kier molecular flexibility index (Phi) is 5.14. The highest BCUT2D eigenvalue weighted by molar-refractivity contribution is 5.86. The molecule has 1 atom stereocenters. The van der Waals surface area contributed by atoms with Gasteiger partial charge in [-0.2, -0.15) is 0 Å². The number of anilines is 3. The Morgan fingerprint density at radius 2 is 1.93 bits per heavy atom. The lowest BCUT2D eigenvalue weighted by molar-refractivity contribution is -0.137. The van der Waals surface area contributed by atoms with Crippen LogP contribution in [0.15, 0.2) is 48.7 Å². The van der Waals surface area contributed by atoms with E-state index in [-0.39, 0.29) is 28.7 Å². The second-order valence-corrected chi connectivity index (χ2v) is 5.85. The third kappa shape index (κ3) is 3.93. The summed E-state index contributed by atoms with van der Waals surface area (Å²) in [5.41, 5.74) is 0.947. The van der Waals surface area contributed by atoms with Gasteiger partial charge < -0.3 is 31.0 Å². The van der Waals surface area contributed by atoms with Crippen LogP contribution in [0.5, 0.6) is 0 Å². The highest BCUT2D eigenvalue weighted by atomic mass is 16.8. The molecule has 1 aromatic heterocycles. The summed E-state index contributed by atoms with van der Waals surface area (Å²) >= 11 is 0. The van der Waals surface area contributed by atoms with E-state index in [4.69, 9.17) is 0 Å². The highest BCUT2D eigenvalue weighted by Gasteiger charge is 2.22. The second kappa shape index (κ2) is 7.51. The number of nitrogens with zero attached hydrogens (tertiary/aromatic N) is 2. The smallest absolute Gasteiger partial charge is 0.326 e. The Morgan fingerprint density at radius 3 is 2.59 bits per heavy atom. The van der Waals surface area contributed by atoms with Gasteiger partial charge in [-0.15, -0.1) is 5.23 Å². The van der Waals surface area contributed by atoms with E-state index in [1.807, 2.05) is 24.3 Å². The van der Waals surface area contributed by atoms with Gasteiger partial charge in [0.15, 0.2) is 0 Å². The summed E-state index contributed by atoms with van der Waals surface area (Å²) in [6.07, 6.45) is 1.82. The first kappa shape index (κ1) is 18.5. The van der Waals surface area contributed by atoms with Gasteiger partial charge in [-0.1, -0.05) is 18.2 Å². The van der Waals surface area contributed by atoms with Crippen molar-refractivity contribution in [2.75, 3.05) is 15.8 Å². The molecule has 3 aromatic rings. The second-order valence-electron chi connectivity index (χ2n) is 5.85. The number of fused-ring (bicyclic) bond motifs is 1. The van der Waals surface area contributed by atoms with Crippen LogP contribution < -0.4 is 15.8 Å². The van der Waals surface area contributed by atoms with Crippen molar-refractivity contribution in [3.05, 3.63) is 64.6 Å². The molecule has 0 amide bonds. The first-order valence-electron chi connectivity index (χ1n) is 7.87. The van der Waals surface area contributed by atoms with E-state index in [2.05, 4.69) is 10.3 Å². The maximum Gasteiger partial charge on any atom is 0.326 e. The minimum absolute atomic E-state index is 0.0258. The summed E-state index contributed by atoms with van der Waals surface area (Å²) in [5.74, 6) is -1.16. The molecule has 1 heterocycles. The Morgan fingerprint density at radius 1 is 1.19 bits per heavy atom. The largest absolute Gasteiger partial charge is 0.769 e. The van der Waals surface area contributed by atoms with Crippen LogP contribution in [0.2, 0.25) is 0 Å². The Bertz CT molecular complexity index is 956. The van der Waals surface area contributed by atoms with E-state index in [1.54, 1.807) is 6.20 Å². The molecule has 0 aliphatic rings. The summed E-state index contributed by atoms with van der Waals surface area (Å²) in [6, 6.07) is 9.60. The van der Waals surface area contributed by atoms with E-state index >= 15 is 0 Å². The van der Waals surface area contributed by atoms with Gasteiger partial charge in [-0.25, -0.2) is 4.79 Å². The summed E-state index contributed by atoms with van der Waals surface area (Å²) in [4.78, 5) is 14.8. The maximum absolute atomic E-state index is 11.7. The van der Waals surface area contributed by atoms with E-state index in [0.717, 1.165) is 28.6 Å². The zero-order valence-corrected chi connectivity index (χ0v) is 13.9. The first-order valence-corrected chi connectivity index (χ1v) is 7.87. The Hall–Kier alpha value is -3.31. The van der Waals surface area contributed by atoms with Crippen LogP contribution in [0.3, 0.4) is 0 Å². The zero-order chi connectivity index (χ0) is 19.6. The molecule has 0 bridgehead atoms. The minimum Gasteiger partial charge on any atom is -0.769 e. The number of para-hydroxylation sites is 1. The lowest BCUT2D eigenvalue weighted by Gasteiger charge is -2.38. The molecule has 10 nitrogen and oxygen atoms in total.